The maximum Gasteiger partial charge on any atom is 0.179 e. The molecule has 0 aliphatic heterocycles. The van der Waals surface area contributed by atoms with Crippen molar-refractivity contribution in [3.63, 3.8) is 0 Å². The Morgan fingerprint density at radius 3 is 1.15 bits per heavy atom. The minimum Gasteiger partial charge on any atom is -0.456 e. The van der Waals surface area contributed by atoms with Crippen molar-refractivity contribution in [2.24, 2.45) is 0 Å². The average Bonchev–Trinajstić information content (AvgIpc) is 3.77. The highest BCUT2D eigenvalue weighted by Crippen LogP contribution is 2.35. The zero-order valence-electron chi connectivity index (χ0n) is 29.6. The van der Waals surface area contributed by atoms with Gasteiger partial charge in [-0.3, -0.25) is 0 Å². The molecule has 0 saturated carbocycles. The molecular formula is C50H36O2Si. The zero-order valence-corrected chi connectivity index (χ0v) is 30.6. The van der Waals surface area contributed by atoms with Gasteiger partial charge in [-0.25, -0.2) is 0 Å². The summed E-state index contributed by atoms with van der Waals surface area (Å²) in [5.41, 5.74) is 11.1. The first-order valence-corrected chi connectivity index (χ1v) is 20.2. The van der Waals surface area contributed by atoms with E-state index in [2.05, 4.69) is 172 Å². The fourth-order valence-electron chi connectivity index (χ4n) is 8.61. The molecule has 2 aromatic heterocycles. The molecule has 10 aromatic rings. The van der Waals surface area contributed by atoms with E-state index in [4.69, 9.17) is 8.83 Å². The van der Waals surface area contributed by atoms with Crippen LogP contribution < -0.4 is 20.7 Å². The van der Waals surface area contributed by atoms with E-state index in [1.54, 1.807) is 0 Å². The lowest BCUT2D eigenvalue weighted by atomic mass is 9.99. The van der Waals surface area contributed by atoms with Gasteiger partial charge in [-0.15, -0.1) is 0 Å². The van der Waals surface area contributed by atoms with Gasteiger partial charge in [-0.2, -0.15) is 0 Å². The average molecular weight is 697 g/mol. The molecule has 0 amide bonds. The van der Waals surface area contributed by atoms with Crippen molar-refractivity contribution in [3.8, 4) is 22.3 Å². The molecule has 0 N–H and O–H groups in total. The van der Waals surface area contributed by atoms with Crippen LogP contribution in [-0.4, -0.2) is 8.07 Å². The molecule has 0 bridgehead atoms. The van der Waals surface area contributed by atoms with Crippen LogP contribution in [0.1, 0.15) is 11.1 Å². The number of hydrogen-bond donors (Lipinski definition) is 0. The highest BCUT2D eigenvalue weighted by atomic mass is 28.3. The second kappa shape index (κ2) is 12.4. The Labute approximate surface area is 309 Å². The van der Waals surface area contributed by atoms with E-state index in [-0.39, 0.29) is 0 Å². The summed E-state index contributed by atoms with van der Waals surface area (Å²) in [5.74, 6) is 0. The van der Waals surface area contributed by atoms with Gasteiger partial charge in [0, 0.05) is 21.5 Å². The van der Waals surface area contributed by atoms with Gasteiger partial charge in [0.15, 0.2) is 8.07 Å². The first-order chi connectivity index (χ1) is 26.1. The van der Waals surface area contributed by atoms with Crippen LogP contribution in [0.2, 0.25) is 0 Å². The maximum absolute atomic E-state index is 6.16. The van der Waals surface area contributed by atoms with Gasteiger partial charge in [0.25, 0.3) is 0 Å². The number of para-hydroxylation sites is 2. The predicted octanol–water partition coefficient (Wildman–Crippen LogP) is 10.8. The summed E-state index contributed by atoms with van der Waals surface area (Å²) in [6, 6.07) is 66.5. The van der Waals surface area contributed by atoms with Crippen molar-refractivity contribution in [3.05, 3.63) is 193 Å². The SMILES string of the molecule is Cc1cc([Si](c2ccccc2)(c2ccccc2)c2ccc(-c3ccc4oc5ccccc5c4c3)c(C)c2)ccc1-c1ccc2oc3ccccc3c2c1. The summed E-state index contributed by atoms with van der Waals surface area (Å²) in [5, 5.41) is 10.1. The van der Waals surface area contributed by atoms with Crippen molar-refractivity contribution >= 4 is 72.7 Å². The molecule has 0 radical (unpaired) electrons. The molecule has 10 rings (SSSR count). The summed E-state index contributed by atoms with van der Waals surface area (Å²) in [7, 11) is -2.78. The largest absolute Gasteiger partial charge is 0.456 e. The van der Waals surface area contributed by atoms with E-state index < -0.39 is 8.07 Å². The Balaban J connectivity index is 1.15. The van der Waals surface area contributed by atoms with Crippen LogP contribution >= 0.6 is 0 Å². The van der Waals surface area contributed by atoms with Crippen LogP contribution in [0.3, 0.4) is 0 Å². The molecule has 0 aliphatic carbocycles. The fourth-order valence-corrected chi connectivity index (χ4v) is 13.5. The number of fused-ring (bicyclic) bond motifs is 6. The van der Waals surface area contributed by atoms with E-state index in [0.717, 1.165) is 43.9 Å². The van der Waals surface area contributed by atoms with Gasteiger partial charge in [0.2, 0.25) is 0 Å². The molecule has 53 heavy (non-hydrogen) atoms. The summed E-state index contributed by atoms with van der Waals surface area (Å²) < 4.78 is 12.3. The van der Waals surface area contributed by atoms with Crippen molar-refractivity contribution in [2.45, 2.75) is 13.8 Å². The third-order valence-electron chi connectivity index (χ3n) is 11.1. The Hall–Kier alpha value is -6.42. The molecule has 3 heteroatoms. The van der Waals surface area contributed by atoms with Crippen LogP contribution in [0, 0.1) is 13.8 Å². The first-order valence-electron chi connectivity index (χ1n) is 18.2. The van der Waals surface area contributed by atoms with Gasteiger partial charge < -0.3 is 8.83 Å². The monoisotopic (exact) mass is 696 g/mol. The minimum atomic E-state index is -2.78. The van der Waals surface area contributed by atoms with Gasteiger partial charge in [0.05, 0.1) is 0 Å². The van der Waals surface area contributed by atoms with E-state index in [1.807, 2.05) is 24.3 Å². The predicted molar refractivity (Wildman–Crippen MR) is 225 cm³/mol. The number of rotatable bonds is 6. The quantitative estimate of drug-likeness (QED) is 0.128. The number of hydrogen-bond acceptors (Lipinski definition) is 2. The lowest BCUT2D eigenvalue weighted by molar-refractivity contribution is 0.668. The summed E-state index contributed by atoms with van der Waals surface area (Å²) >= 11 is 0. The first kappa shape index (κ1) is 31.3. The van der Waals surface area contributed by atoms with Crippen LogP contribution in [0.5, 0.6) is 0 Å². The molecule has 2 nitrogen and oxygen atoms in total. The lowest BCUT2D eigenvalue weighted by Crippen LogP contribution is -2.74. The Morgan fingerprint density at radius 1 is 0.321 bits per heavy atom. The Bertz CT molecular complexity index is 2770. The third kappa shape index (κ3) is 5.00. The molecule has 0 saturated heterocycles. The summed E-state index contributed by atoms with van der Waals surface area (Å²) in [6.45, 7) is 4.52. The molecule has 0 aliphatic rings. The maximum atomic E-state index is 6.16. The Kier molecular flexibility index (Phi) is 7.31. The van der Waals surface area contributed by atoms with Gasteiger partial charge in [0.1, 0.15) is 22.3 Å². The van der Waals surface area contributed by atoms with Crippen LogP contribution in [-0.2, 0) is 0 Å². The Morgan fingerprint density at radius 2 is 0.717 bits per heavy atom. The molecule has 2 heterocycles. The van der Waals surface area contributed by atoms with Crippen molar-refractivity contribution in [2.75, 3.05) is 0 Å². The zero-order chi connectivity index (χ0) is 35.5. The third-order valence-corrected chi connectivity index (χ3v) is 15.9. The second-order valence-electron chi connectivity index (χ2n) is 14.2. The van der Waals surface area contributed by atoms with E-state index in [1.165, 1.54) is 54.1 Å². The minimum absolute atomic E-state index is 0.917. The fraction of sp³-hybridized carbons (Fsp3) is 0.0400. The molecule has 8 aromatic carbocycles. The smallest absolute Gasteiger partial charge is 0.179 e. The molecule has 0 atom stereocenters. The number of aryl methyl sites for hydroxylation is 2. The molecule has 0 fully saturated rings. The number of benzene rings is 8. The number of furan rings is 2. The molecule has 252 valence electrons. The van der Waals surface area contributed by atoms with Gasteiger partial charge in [-0.1, -0.05) is 146 Å². The molecular weight excluding hydrogens is 661 g/mol. The van der Waals surface area contributed by atoms with E-state index >= 15 is 0 Å². The topological polar surface area (TPSA) is 26.3 Å². The summed E-state index contributed by atoms with van der Waals surface area (Å²) in [4.78, 5) is 0. The van der Waals surface area contributed by atoms with Crippen molar-refractivity contribution in [1.29, 1.82) is 0 Å². The normalized spacial score (nSPS) is 12.0. The highest BCUT2D eigenvalue weighted by Gasteiger charge is 2.41. The standard InChI is InChI=1S/C50H36O2Si/c1-33-29-39(23-25-41(33)35-21-27-49-45(31-35)43-17-9-11-19-47(43)51-49)53(37-13-5-3-6-14-37,38-15-7-4-8-16-38)40-24-26-42(34(2)30-40)36-22-28-50-46(32-36)44-18-10-12-20-48(44)52-50/h3-32H,1-2H3. The van der Waals surface area contributed by atoms with Crippen LogP contribution in [0.15, 0.2) is 191 Å². The van der Waals surface area contributed by atoms with Crippen LogP contribution in [0.4, 0.5) is 0 Å². The molecule has 0 spiro atoms. The van der Waals surface area contributed by atoms with E-state index in [9.17, 15) is 0 Å². The van der Waals surface area contributed by atoms with Gasteiger partial charge in [-0.05, 0) is 104 Å². The second-order valence-corrected chi connectivity index (χ2v) is 18.0. The van der Waals surface area contributed by atoms with Crippen molar-refractivity contribution in [1.82, 2.24) is 0 Å². The summed E-state index contributed by atoms with van der Waals surface area (Å²) in [6.07, 6.45) is 0. The van der Waals surface area contributed by atoms with Gasteiger partial charge >= 0.3 is 0 Å². The highest BCUT2D eigenvalue weighted by molar-refractivity contribution is 7.19. The molecule has 0 unspecified atom stereocenters. The van der Waals surface area contributed by atoms with E-state index in [0.29, 0.717) is 0 Å². The van der Waals surface area contributed by atoms with Crippen LogP contribution in [0.25, 0.3) is 66.1 Å². The lowest BCUT2D eigenvalue weighted by Gasteiger charge is -2.35. The van der Waals surface area contributed by atoms with Crippen molar-refractivity contribution < 1.29 is 8.83 Å².